The van der Waals surface area contributed by atoms with E-state index in [0.29, 0.717) is 19.1 Å². The van der Waals surface area contributed by atoms with E-state index in [0.717, 1.165) is 32.5 Å². The van der Waals surface area contributed by atoms with Crippen LogP contribution in [0.5, 0.6) is 0 Å². The van der Waals surface area contributed by atoms with Crippen molar-refractivity contribution in [2.24, 2.45) is 5.92 Å². The summed E-state index contributed by atoms with van der Waals surface area (Å²) in [6.45, 7) is 3.96. The van der Waals surface area contributed by atoms with Crippen molar-refractivity contribution < 1.29 is 9.53 Å². The maximum atomic E-state index is 12.5. The number of ether oxygens (including phenoxy) is 1. The first-order valence-electron chi connectivity index (χ1n) is 6.98. The molecule has 20 heavy (non-hydrogen) atoms. The molecule has 1 aromatic rings. The van der Waals surface area contributed by atoms with Gasteiger partial charge in [-0.25, -0.2) is 0 Å². The molecular weight excluding hydrogens is 296 g/mol. The summed E-state index contributed by atoms with van der Waals surface area (Å²) >= 11 is 1.68. The average Bonchev–Trinajstić information content (AvgIpc) is 3.02. The molecule has 2 saturated heterocycles. The van der Waals surface area contributed by atoms with Crippen LogP contribution in [0.1, 0.15) is 24.5 Å². The molecule has 1 amide bonds. The molecule has 2 fully saturated rings. The summed E-state index contributed by atoms with van der Waals surface area (Å²) in [4.78, 5) is 14.5. The third-order valence-electron chi connectivity index (χ3n) is 3.94. The van der Waals surface area contributed by atoms with Crippen LogP contribution in [0.25, 0.3) is 0 Å². The van der Waals surface area contributed by atoms with Gasteiger partial charge in [0.2, 0.25) is 5.91 Å². The van der Waals surface area contributed by atoms with Gasteiger partial charge in [0.05, 0.1) is 19.1 Å². The van der Waals surface area contributed by atoms with E-state index < -0.39 is 0 Å². The van der Waals surface area contributed by atoms with Crippen LogP contribution in [0.15, 0.2) is 16.8 Å². The van der Waals surface area contributed by atoms with Gasteiger partial charge in [0, 0.05) is 13.1 Å². The first-order chi connectivity index (χ1) is 9.34. The lowest BCUT2D eigenvalue weighted by Crippen LogP contribution is -2.48. The SMILES string of the molecule is Cl.O=C(C1CCCNC1)N1CCOC(c2ccsc2)C1. The molecule has 0 radical (unpaired) electrons. The van der Waals surface area contributed by atoms with Crippen LogP contribution in [-0.2, 0) is 9.53 Å². The van der Waals surface area contributed by atoms with E-state index in [4.69, 9.17) is 4.74 Å². The summed E-state index contributed by atoms with van der Waals surface area (Å²) in [6.07, 6.45) is 2.18. The molecular formula is C14H21ClN2O2S. The number of hydrogen-bond acceptors (Lipinski definition) is 4. The maximum absolute atomic E-state index is 12.5. The van der Waals surface area contributed by atoms with E-state index in [1.807, 2.05) is 4.90 Å². The van der Waals surface area contributed by atoms with Gasteiger partial charge in [-0.1, -0.05) is 0 Å². The normalized spacial score (nSPS) is 26.9. The highest BCUT2D eigenvalue weighted by Gasteiger charge is 2.30. The van der Waals surface area contributed by atoms with E-state index in [1.165, 1.54) is 5.56 Å². The van der Waals surface area contributed by atoms with E-state index in [-0.39, 0.29) is 24.4 Å². The van der Waals surface area contributed by atoms with Crippen LogP contribution >= 0.6 is 23.7 Å². The van der Waals surface area contributed by atoms with Crippen molar-refractivity contribution in [3.8, 4) is 0 Å². The number of carbonyl (C=O) groups is 1. The average molecular weight is 317 g/mol. The number of morpholine rings is 1. The lowest BCUT2D eigenvalue weighted by molar-refractivity contribution is -0.143. The second kappa shape index (κ2) is 7.41. The second-order valence-electron chi connectivity index (χ2n) is 5.24. The van der Waals surface area contributed by atoms with Gasteiger partial charge < -0.3 is 15.0 Å². The highest BCUT2D eigenvalue weighted by atomic mass is 35.5. The van der Waals surface area contributed by atoms with Crippen molar-refractivity contribution in [3.05, 3.63) is 22.4 Å². The molecule has 0 aliphatic carbocycles. The Kier molecular flexibility index (Phi) is 5.84. The van der Waals surface area contributed by atoms with Crippen molar-refractivity contribution in [2.75, 3.05) is 32.8 Å². The maximum Gasteiger partial charge on any atom is 0.227 e. The van der Waals surface area contributed by atoms with Crippen molar-refractivity contribution in [1.29, 1.82) is 0 Å². The van der Waals surface area contributed by atoms with Gasteiger partial charge in [-0.3, -0.25) is 4.79 Å². The Bertz CT molecular complexity index is 421. The van der Waals surface area contributed by atoms with Gasteiger partial charge in [-0.2, -0.15) is 11.3 Å². The lowest BCUT2D eigenvalue weighted by atomic mass is 9.97. The van der Waals surface area contributed by atoms with Crippen LogP contribution in [0, 0.1) is 5.92 Å². The van der Waals surface area contributed by atoms with Gasteiger partial charge in [-0.15, -0.1) is 12.4 Å². The van der Waals surface area contributed by atoms with Crippen molar-refractivity contribution in [1.82, 2.24) is 10.2 Å². The lowest BCUT2D eigenvalue weighted by Gasteiger charge is -2.36. The fraction of sp³-hybridized carbons (Fsp3) is 0.643. The minimum Gasteiger partial charge on any atom is -0.370 e. The molecule has 0 saturated carbocycles. The van der Waals surface area contributed by atoms with Gasteiger partial charge >= 0.3 is 0 Å². The summed E-state index contributed by atoms with van der Waals surface area (Å²) in [6, 6.07) is 2.09. The molecule has 0 bridgehead atoms. The summed E-state index contributed by atoms with van der Waals surface area (Å²) in [5, 5.41) is 7.49. The van der Waals surface area contributed by atoms with Crippen LogP contribution in [0.4, 0.5) is 0 Å². The molecule has 6 heteroatoms. The zero-order valence-corrected chi connectivity index (χ0v) is 13.0. The number of thiophene rings is 1. The zero-order chi connectivity index (χ0) is 13.1. The number of halogens is 1. The Morgan fingerprint density at radius 1 is 1.50 bits per heavy atom. The van der Waals surface area contributed by atoms with Gasteiger partial charge in [0.25, 0.3) is 0 Å². The van der Waals surface area contributed by atoms with Crippen LogP contribution in [0.2, 0.25) is 0 Å². The van der Waals surface area contributed by atoms with Crippen molar-refractivity contribution in [2.45, 2.75) is 18.9 Å². The number of nitrogens with zero attached hydrogens (tertiary/aromatic N) is 1. The minimum atomic E-state index is 0. The molecule has 1 N–H and O–H groups in total. The van der Waals surface area contributed by atoms with Crippen LogP contribution < -0.4 is 5.32 Å². The van der Waals surface area contributed by atoms with E-state index in [1.54, 1.807) is 11.3 Å². The van der Waals surface area contributed by atoms with Gasteiger partial charge in [0.15, 0.2) is 0 Å². The van der Waals surface area contributed by atoms with E-state index in [2.05, 4.69) is 22.1 Å². The Labute approximate surface area is 129 Å². The summed E-state index contributed by atoms with van der Waals surface area (Å²) in [5.41, 5.74) is 1.20. The highest BCUT2D eigenvalue weighted by molar-refractivity contribution is 7.07. The van der Waals surface area contributed by atoms with Gasteiger partial charge in [0.1, 0.15) is 6.10 Å². The Hall–Kier alpha value is -0.620. The summed E-state index contributed by atoms with van der Waals surface area (Å²) < 4.78 is 5.79. The fourth-order valence-corrected chi connectivity index (χ4v) is 3.53. The standard InChI is InChI=1S/C14H20N2O2S.ClH/c17-14(11-2-1-4-15-8-11)16-5-6-18-13(9-16)12-3-7-19-10-12;/h3,7,10-11,13,15H,1-2,4-6,8-9H2;1H. The molecule has 2 atom stereocenters. The highest BCUT2D eigenvalue weighted by Crippen LogP contribution is 2.25. The number of piperidine rings is 1. The number of carbonyl (C=O) groups excluding carboxylic acids is 1. The molecule has 0 aromatic carbocycles. The monoisotopic (exact) mass is 316 g/mol. The number of hydrogen-bond donors (Lipinski definition) is 1. The van der Waals surface area contributed by atoms with Crippen LogP contribution in [-0.4, -0.2) is 43.6 Å². The molecule has 112 valence electrons. The molecule has 3 heterocycles. The molecule has 4 nitrogen and oxygen atoms in total. The first kappa shape index (κ1) is 15.8. The largest absolute Gasteiger partial charge is 0.370 e. The van der Waals surface area contributed by atoms with E-state index >= 15 is 0 Å². The van der Waals surface area contributed by atoms with Crippen LogP contribution in [0.3, 0.4) is 0 Å². The molecule has 2 aliphatic rings. The third-order valence-corrected chi connectivity index (χ3v) is 4.64. The Morgan fingerprint density at radius 3 is 3.10 bits per heavy atom. The quantitative estimate of drug-likeness (QED) is 0.908. The second-order valence-corrected chi connectivity index (χ2v) is 6.02. The first-order valence-corrected chi connectivity index (χ1v) is 7.92. The van der Waals surface area contributed by atoms with Crippen molar-refractivity contribution in [3.63, 3.8) is 0 Å². The number of nitrogens with one attached hydrogen (secondary N) is 1. The minimum absolute atomic E-state index is 0. The molecule has 2 unspecified atom stereocenters. The predicted octanol–water partition coefficient (Wildman–Crippen LogP) is 2.07. The van der Waals surface area contributed by atoms with E-state index in [9.17, 15) is 4.79 Å². The Balaban J connectivity index is 0.00000147. The third kappa shape index (κ3) is 3.52. The Morgan fingerprint density at radius 2 is 2.40 bits per heavy atom. The fourth-order valence-electron chi connectivity index (χ4n) is 2.83. The molecule has 0 spiro atoms. The number of rotatable bonds is 2. The zero-order valence-electron chi connectivity index (χ0n) is 11.4. The molecule has 1 aromatic heterocycles. The summed E-state index contributed by atoms with van der Waals surface area (Å²) in [5.74, 6) is 0.464. The smallest absolute Gasteiger partial charge is 0.227 e. The topological polar surface area (TPSA) is 41.6 Å². The predicted molar refractivity (Wildman–Crippen MR) is 82.4 cm³/mol. The molecule has 2 aliphatic heterocycles. The molecule has 3 rings (SSSR count). The van der Waals surface area contributed by atoms with Gasteiger partial charge in [-0.05, 0) is 41.8 Å². The number of amides is 1. The summed E-state index contributed by atoms with van der Waals surface area (Å²) in [7, 11) is 0. The van der Waals surface area contributed by atoms with Crippen molar-refractivity contribution >= 4 is 29.7 Å².